The molecule has 78 valence electrons. The van der Waals surface area contributed by atoms with Gasteiger partial charge in [0.05, 0.1) is 5.25 Å². The first-order chi connectivity index (χ1) is 6.54. The SMILES string of the molecule is CCC(S)C(=O)Nc1cc(C)n(C)n1. The normalized spacial score (nSPS) is 12.6. The number of carbonyl (C=O) groups is 1. The van der Waals surface area contributed by atoms with Crippen molar-refractivity contribution in [2.24, 2.45) is 7.05 Å². The lowest BCUT2D eigenvalue weighted by Crippen LogP contribution is -2.22. The van der Waals surface area contributed by atoms with E-state index in [4.69, 9.17) is 0 Å². The number of thiol groups is 1. The van der Waals surface area contributed by atoms with Gasteiger partial charge in [-0.2, -0.15) is 17.7 Å². The number of nitrogens with zero attached hydrogens (tertiary/aromatic N) is 2. The van der Waals surface area contributed by atoms with Gasteiger partial charge in [0.1, 0.15) is 0 Å². The Balaban J connectivity index is 2.65. The van der Waals surface area contributed by atoms with Crippen LogP contribution in [0.5, 0.6) is 0 Å². The molecule has 0 spiro atoms. The van der Waals surface area contributed by atoms with Crippen LogP contribution in [0.3, 0.4) is 0 Å². The molecule has 1 rings (SSSR count). The van der Waals surface area contributed by atoms with Crippen LogP contribution in [0, 0.1) is 6.92 Å². The molecule has 0 saturated heterocycles. The summed E-state index contributed by atoms with van der Waals surface area (Å²) in [6.07, 6.45) is 0.709. The molecule has 0 saturated carbocycles. The maximum Gasteiger partial charge on any atom is 0.238 e. The second kappa shape index (κ2) is 4.50. The Morgan fingerprint density at radius 3 is 2.86 bits per heavy atom. The predicted octanol–water partition coefficient (Wildman–Crippen LogP) is 1.38. The lowest BCUT2D eigenvalue weighted by molar-refractivity contribution is -0.115. The molecule has 5 heteroatoms. The van der Waals surface area contributed by atoms with E-state index in [1.807, 2.05) is 27.0 Å². The molecule has 1 N–H and O–H groups in total. The summed E-state index contributed by atoms with van der Waals surface area (Å²) in [7, 11) is 1.84. The Morgan fingerprint density at radius 2 is 2.43 bits per heavy atom. The van der Waals surface area contributed by atoms with E-state index in [9.17, 15) is 4.79 Å². The molecule has 1 unspecified atom stereocenters. The van der Waals surface area contributed by atoms with Gasteiger partial charge in [-0.05, 0) is 13.3 Å². The number of anilines is 1. The van der Waals surface area contributed by atoms with Crippen molar-refractivity contribution in [2.75, 3.05) is 5.32 Å². The summed E-state index contributed by atoms with van der Waals surface area (Å²) in [6, 6.07) is 1.83. The van der Waals surface area contributed by atoms with Crippen LogP contribution < -0.4 is 5.32 Å². The number of hydrogen-bond donors (Lipinski definition) is 2. The van der Waals surface area contributed by atoms with Gasteiger partial charge in [0.25, 0.3) is 0 Å². The average Bonchev–Trinajstić information content (AvgIpc) is 2.44. The first kappa shape index (κ1) is 11.1. The molecule has 0 aliphatic heterocycles. The van der Waals surface area contributed by atoms with E-state index in [-0.39, 0.29) is 11.2 Å². The zero-order valence-electron chi connectivity index (χ0n) is 8.61. The minimum atomic E-state index is -0.266. The van der Waals surface area contributed by atoms with E-state index in [2.05, 4.69) is 23.0 Å². The van der Waals surface area contributed by atoms with Crippen LogP contribution in [0.2, 0.25) is 0 Å². The van der Waals surface area contributed by atoms with Gasteiger partial charge in [-0.3, -0.25) is 9.48 Å². The van der Waals surface area contributed by atoms with Gasteiger partial charge in [-0.15, -0.1) is 0 Å². The number of carbonyl (C=O) groups excluding carboxylic acids is 1. The second-order valence-electron chi connectivity index (χ2n) is 3.21. The lowest BCUT2D eigenvalue weighted by atomic mass is 10.3. The summed E-state index contributed by atoms with van der Waals surface area (Å²) >= 11 is 4.14. The lowest BCUT2D eigenvalue weighted by Gasteiger charge is -2.06. The van der Waals surface area contributed by atoms with Gasteiger partial charge in [0.2, 0.25) is 5.91 Å². The molecule has 1 atom stereocenters. The Morgan fingerprint density at radius 1 is 1.79 bits per heavy atom. The monoisotopic (exact) mass is 213 g/mol. The topological polar surface area (TPSA) is 46.9 Å². The van der Waals surface area contributed by atoms with Gasteiger partial charge in [0.15, 0.2) is 5.82 Å². The molecule has 4 nitrogen and oxygen atoms in total. The molecule has 0 fully saturated rings. The smallest absolute Gasteiger partial charge is 0.238 e. The largest absolute Gasteiger partial charge is 0.308 e. The molecule has 1 aromatic heterocycles. The zero-order chi connectivity index (χ0) is 10.7. The maximum absolute atomic E-state index is 11.4. The molecular formula is C9H15N3OS. The van der Waals surface area contributed by atoms with Gasteiger partial charge in [0, 0.05) is 18.8 Å². The Hall–Kier alpha value is -0.970. The van der Waals surface area contributed by atoms with Crippen molar-refractivity contribution >= 4 is 24.4 Å². The number of hydrogen-bond acceptors (Lipinski definition) is 3. The van der Waals surface area contributed by atoms with Crippen molar-refractivity contribution in [3.63, 3.8) is 0 Å². The Bertz CT molecular complexity index is 315. The highest BCUT2D eigenvalue weighted by Crippen LogP contribution is 2.09. The standard InChI is InChI=1S/C9H15N3OS/c1-4-7(14)9(13)10-8-5-6(2)12(3)11-8/h5,7,14H,4H2,1-3H3,(H,10,11,13). The van der Waals surface area contributed by atoms with Crippen LogP contribution >= 0.6 is 12.6 Å². The van der Waals surface area contributed by atoms with Gasteiger partial charge < -0.3 is 5.32 Å². The van der Waals surface area contributed by atoms with E-state index >= 15 is 0 Å². The number of rotatable bonds is 3. The molecule has 0 aromatic carbocycles. The molecule has 0 bridgehead atoms. The minimum absolute atomic E-state index is 0.103. The van der Waals surface area contributed by atoms with E-state index in [1.54, 1.807) is 4.68 Å². The van der Waals surface area contributed by atoms with Gasteiger partial charge in [-0.1, -0.05) is 6.92 Å². The van der Waals surface area contributed by atoms with Crippen molar-refractivity contribution in [2.45, 2.75) is 25.5 Å². The highest BCUT2D eigenvalue weighted by molar-refractivity contribution is 7.81. The third-order valence-corrected chi connectivity index (χ3v) is 2.65. The number of aryl methyl sites for hydroxylation is 2. The number of aromatic nitrogens is 2. The molecule has 0 aliphatic rings. The fourth-order valence-electron chi connectivity index (χ4n) is 1.02. The van der Waals surface area contributed by atoms with E-state index in [0.717, 1.165) is 5.69 Å². The summed E-state index contributed by atoms with van der Waals surface area (Å²) in [5.74, 6) is 0.483. The van der Waals surface area contributed by atoms with E-state index < -0.39 is 0 Å². The van der Waals surface area contributed by atoms with Crippen molar-refractivity contribution < 1.29 is 4.79 Å². The Labute approximate surface area is 89.1 Å². The fourth-order valence-corrected chi connectivity index (χ4v) is 1.08. The first-order valence-electron chi connectivity index (χ1n) is 4.54. The highest BCUT2D eigenvalue weighted by Gasteiger charge is 2.12. The summed E-state index contributed by atoms with van der Waals surface area (Å²) in [4.78, 5) is 11.4. The Kier molecular flexibility index (Phi) is 3.57. The van der Waals surface area contributed by atoms with Crippen molar-refractivity contribution in [1.82, 2.24) is 9.78 Å². The van der Waals surface area contributed by atoms with Crippen molar-refractivity contribution in [3.8, 4) is 0 Å². The van der Waals surface area contributed by atoms with Crippen LogP contribution in [0.25, 0.3) is 0 Å². The summed E-state index contributed by atoms with van der Waals surface area (Å²) in [5.41, 5.74) is 1.01. The third-order valence-electron chi connectivity index (χ3n) is 2.05. The number of nitrogens with one attached hydrogen (secondary N) is 1. The minimum Gasteiger partial charge on any atom is -0.308 e. The van der Waals surface area contributed by atoms with E-state index in [1.165, 1.54) is 0 Å². The van der Waals surface area contributed by atoms with E-state index in [0.29, 0.717) is 12.2 Å². The fraction of sp³-hybridized carbons (Fsp3) is 0.556. The zero-order valence-corrected chi connectivity index (χ0v) is 9.51. The maximum atomic E-state index is 11.4. The van der Waals surface area contributed by atoms with Gasteiger partial charge in [-0.25, -0.2) is 0 Å². The molecular weight excluding hydrogens is 198 g/mol. The van der Waals surface area contributed by atoms with Gasteiger partial charge >= 0.3 is 0 Å². The molecule has 1 amide bonds. The van der Waals surface area contributed by atoms with Crippen LogP contribution in [-0.4, -0.2) is 20.9 Å². The van der Waals surface area contributed by atoms with Crippen LogP contribution in [-0.2, 0) is 11.8 Å². The average molecular weight is 213 g/mol. The molecule has 14 heavy (non-hydrogen) atoms. The first-order valence-corrected chi connectivity index (χ1v) is 5.05. The molecule has 0 radical (unpaired) electrons. The highest BCUT2D eigenvalue weighted by atomic mass is 32.1. The summed E-state index contributed by atoms with van der Waals surface area (Å²) in [6.45, 7) is 3.85. The van der Waals surface area contributed by atoms with Crippen LogP contribution in [0.4, 0.5) is 5.82 Å². The predicted molar refractivity (Wildman–Crippen MR) is 59.6 cm³/mol. The molecule has 0 aliphatic carbocycles. The summed E-state index contributed by atoms with van der Waals surface area (Å²) in [5, 5.41) is 6.56. The quantitative estimate of drug-likeness (QED) is 0.745. The van der Waals surface area contributed by atoms with Crippen molar-refractivity contribution in [3.05, 3.63) is 11.8 Å². The van der Waals surface area contributed by atoms with Crippen LogP contribution in [0.1, 0.15) is 19.0 Å². The summed E-state index contributed by atoms with van der Waals surface area (Å²) < 4.78 is 1.72. The molecule has 1 heterocycles. The second-order valence-corrected chi connectivity index (χ2v) is 3.83. The van der Waals surface area contributed by atoms with Crippen LogP contribution in [0.15, 0.2) is 6.07 Å². The van der Waals surface area contributed by atoms with Crippen molar-refractivity contribution in [1.29, 1.82) is 0 Å². The number of amides is 1. The molecule has 1 aromatic rings. The third kappa shape index (κ3) is 2.51.